The molecular formula is C11H15NO. The molecule has 2 rings (SSSR count). The summed E-state index contributed by atoms with van der Waals surface area (Å²) in [6.07, 6.45) is 0.134. The van der Waals surface area contributed by atoms with E-state index in [9.17, 15) is 0 Å². The van der Waals surface area contributed by atoms with Crippen LogP contribution in [-0.4, -0.2) is 6.10 Å². The van der Waals surface area contributed by atoms with Crippen LogP contribution >= 0.6 is 0 Å². The Labute approximate surface area is 78.7 Å². The Balaban J connectivity index is 2.44. The lowest BCUT2D eigenvalue weighted by molar-refractivity contribution is 0.0213. The summed E-state index contributed by atoms with van der Waals surface area (Å²) in [5.41, 5.74) is 9.76. The minimum absolute atomic E-state index is 0.0318. The molecule has 2 nitrogen and oxygen atoms in total. The Hall–Kier alpha value is -0.860. The Morgan fingerprint density at radius 1 is 1.46 bits per heavy atom. The SMILES string of the molecule is Cc1ccc2c(c1)CO[C@H](C)C2N. The van der Waals surface area contributed by atoms with E-state index in [0.29, 0.717) is 6.61 Å². The van der Waals surface area contributed by atoms with Crippen molar-refractivity contribution in [3.63, 3.8) is 0 Å². The summed E-state index contributed by atoms with van der Waals surface area (Å²) >= 11 is 0. The highest BCUT2D eigenvalue weighted by atomic mass is 16.5. The van der Waals surface area contributed by atoms with Crippen molar-refractivity contribution in [3.8, 4) is 0 Å². The maximum Gasteiger partial charge on any atom is 0.0744 e. The van der Waals surface area contributed by atoms with Gasteiger partial charge >= 0.3 is 0 Å². The lowest BCUT2D eigenvalue weighted by atomic mass is 9.94. The lowest BCUT2D eigenvalue weighted by Gasteiger charge is -2.28. The first-order valence-electron chi connectivity index (χ1n) is 4.65. The van der Waals surface area contributed by atoms with Crippen LogP contribution in [0.5, 0.6) is 0 Å². The predicted molar refractivity (Wildman–Crippen MR) is 52.4 cm³/mol. The van der Waals surface area contributed by atoms with Crippen molar-refractivity contribution in [2.45, 2.75) is 32.6 Å². The summed E-state index contributed by atoms with van der Waals surface area (Å²) in [4.78, 5) is 0. The van der Waals surface area contributed by atoms with Gasteiger partial charge < -0.3 is 10.5 Å². The summed E-state index contributed by atoms with van der Waals surface area (Å²) in [6.45, 7) is 4.81. The second kappa shape index (κ2) is 3.13. The number of rotatable bonds is 0. The monoisotopic (exact) mass is 177 g/mol. The van der Waals surface area contributed by atoms with Gasteiger partial charge in [0.2, 0.25) is 0 Å². The summed E-state index contributed by atoms with van der Waals surface area (Å²) in [6, 6.07) is 6.41. The zero-order valence-corrected chi connectivity index (χ0v) is 8.08. The summed E-state index contributed by atoms with van der Waals surface area (Å²) < 4.78 is 5.55. The molecule has 1 unspecified atom stereocenters. The van der Waals surface area contributed by atoms with Gasteiger partial charge in [-0.3, -0.25) is 0 Å². The third-order valence-electron chi connectivity index (χ3n) is 2.67. The van der Waals surface area contributed by atoms with Crippen LogP contribution in [0.2, 0.25) is 0 Å². The van der Waals surface area contributed by atoms with Crippen LogP contribution in [0.15, 0.2) is 18.2 Å². The van der Waals surface area contributed by atoms with Gasteiger partial charge in [0.05, 0.1) is 18.8 Å². The fourth-order valence-electron chi connectivity index (χ4n) is 1.76. The summed E-state index contributed by atoms with van der Waals surface area (Å²) in [5.74, 6) is 0. The average molecular weight is 177 g/mol. The van der Waals surface area contributed by atoms with Crippen LogP contribution in [0.4, 0.5) is 0 Å². The van der Waals surface area contributed by atoms with E-state index in [-0.39, 0.29) is 12.1 Å². The molecule has 2 N–H and O–H groups in total. The van der Waals surface area contributed by atoms with Gasteiger partial charge in [0.15, 0.2) is 0 Å². The van der Waals surface area contributed by atoms with E-state index in [1.54, 1.807) is 0 Å². The third kappa shape index (κ3) is 1.47. The molecule has 0 saturated heterocycles. The standard InChI is InChI=1S/C11H15NO/c1-7-3-4-10-9(5-7)6-13-8(2)11(10)12/h3-5,8,11H,6,12H2,1-2H3/t8-,11?/m1/s1. The molecule has 0 amide bonds. The average Bonchev–Trinajstić information content (AvgIpc) is 2.12. The molecule has 1 aromatic rings. The highest BCUT2D eigenvalue weighted by molar-refractivity contribution is 5.35. The Bertz CT molecular complexity index is 322. The van der Waals surface area contributed by atoms with Crippen LogP contribution in [0.3, 0.4) is 0 Å². The maximum absolute atomic E-state index is 6.01. The fraction of sp³-hybridized carbons (Fsp3) is 0.455. The molecule has 0 bridgehead atoms. The quantitative estimate of drug-likeness (QED) is 0.657. The minimum atomic E-state index is 0.0318. The van der Waals surface area contributed by atoms with Crippen LogP contribution in [0, 0.1) is 6.92 Å². The van der Waals surface area contributed by atoms with Crippen LogP contribution < -0.4 is 5.73 Å². The number of benzene rings is 1. The van der Waals surface area contributed by atoms with Gasteiger partial charge in [-0.05, 0) is 25.0 Å². The van der Waals surface area contributed by atoms with Gasteiger partial charge in [-0.25, -0.2) is 0 Å². The van der Waals surface area contributed by atoms with E-state index in [2.05, 4.69) is 25.1 Å². The zero-order valence-electron chi connectivity index (χ0n) is 8.08. The van der Waals surface area contributed by atoms with E-state index in [4.69, 9.17) is 10.5 Å². The van der Waals surface area contributed by atoms with Gasteiger partial charge in [0.1, 0.15) is 0 Å². The zero-order chi connectivity index (χ0) is 9.42. The summed E-state index contributed by atoms with van der Waals surface area (Å²) in [5, 5.41) is 0. The van der Waals surface area contributed by atoms with Gasteiger partial charge in [0, 0.05) is 0 Å². The molecule has 1 aliphatic rings. The van der Waals surface area contributed by atoms with Gasteiger partial charge in [-0.1, -0.05) is 23.8 Å². The maximum atomic E-state index is 6.01. The molecule has 0 spiro atoms. The first kappa shape index (κ1) is 8.73. The molecule has 2 heteroatoms. The summed E-state index contributed by atoms with van der Waals surface area (Å²) in [7, 11) is 0. The molecule has 13 heavy (non-hydrogen) atoms. The first-order chi connectivity index (χ1) is 6.18. The topological polar surface area (TPSA) is 35.2 Å². The molecule has 0 saturated carbocycles. The number of aryl methyl sites for hydroxylation is 1. The van der Waals surface area contributed by atoms with E-state index in [0.717, 1.165) is 0 Å². The van der Waals surface area contributed by atoms with E-state index in [1.165, 1.54) is 16.7 Å². The molecule has 1 heterocycles. The second-order valence-electron chi connectivity index (χ2n) is 3.74. The molecule has 0 fully saturated rings. The van der Waals surface area contributed by atoms with E-state index >= 15 is 0 Å². The number of ether oxygens (including phenoxy) is 1. The molecule has 70 valence electrons. The van der Waals surface area contributed by atoms with Crippen molar-refractivity contribution in [1.29, 1.82) is 0 Å². The van der Waals surface area contributed by atoms with Crippen molar-refractivity contribution in [3.05, 3.63) is 34.9 Å². The van der Waals surface area contributed by atoms with E-state index in [1.807, 2.05) is 6.92 Å². The minimum Gasteiger partial charge on any atom is -0.372 e. The fourth-order valence-corrected chi connectivity index (χ4v) is 1.76. The lowest BCUT2D eigenvalue weighted by Crippen LogP contribution is -2.31. The predicted octanol–water partition coefficient (Wildman–Crippen LogP) is 1.91. The number of nitrogens with two attached hydrogens (primary N) is 1. The Morgan fingerprint density at radius 3 is 3.00 bits per heavy atom. The highest BCUT2D eigenvalue weighted by Crippen LogP contribution is 2.27. The molecule has 2 atom stereocenters. The number of hydrogen-bond donors (Lipinski definition) is 1. The van der Waals surface area contributed by atoms with Gasteiger partial charge in [-0.15, -0.1) is 0 Å². The molecule has 0 radical (unpaired) electrons. The third-order valence-corrected chi connectivity index (χ3v) is 2.67. The van der Waals surface area contributed by atoms with Gasteiger partial charge in [-0.2, -0.15) is 0 Å². The molecule has 0 aliphatic carbocycles. The van der Waals surface area contributed by atoms with Crippen LogP contribution in [-0.2, 0) is 11.3 Å². The number of hydrogen-bond acceptors (Lipinski definition) is 2. The second-order valence-corrected chi connectivity index (χ2v) is 3.74. The van der Waals surface area contributed by atoms with Crippen molar-refractivity contribution >= 4 is 0 Å². The number of fused-ring (bicyclic) bond motifs is 1. The van der Waals surface area contributed by atoms with Crippen molar-refractivity contribution < 1.29 is 4.74 Å². The Kier molecular flexibility index (Phi) is 2.10. The van der Waals surface area contributed by atoms with Crippen molar-refractivity contribution in [2.24, 2.45) is 5.73 Å². The largest absolute Gasteiger partial charge is 0.372 e. The molecular weight excluding hydrogens is 162 g/mol. The van der Waals surface area contributed by atoms with Crippen molar-refractivity contribution in [2.75, 3.05) is 0 Å². The smallest absolute Gasteiger partial charge is 0.0744 e. The first-order valence-corrected chi connectivity index (χ1v) is 4.65. The van der Waals surface area contributed by atoms with Crippen LogP contribution in [0.25, 0.3) is 0 Å². The molecule has 1 aliphatic heterocycles. The molecule has 1 aromatic carbocycles. The molecule has 0 aromatic heterocycles. The Morgan fingerprint density at radius 2 is 2.23 bits per heavy atom. The van der Waals surface area contributed by atoms with Crippen molar-refractivity contribution in [1.82, 2.24) is 0 Å². The normalized spacial score (nSPS) is 27.0. The van der Waals surface area contributed by atoms with Crippen LogP contribution in [0.1, 0.15) is 29.7 Å². The highest BCUT2D eigenvalue weighted by Gasteiger charge is 2.23. The van der Waals surface area contributed by atoms with Gasteiger partial charge in [0.25, 0.3) is 0 Å². The van der Waals surface area contributed by atoms with E-state index < -0.39 is 0 Å².